The molecule has 0 aromatic carbocycles. The van der Waals surface area contributed by atoms with Crippen molar-refractivity contribution in [1.82, 2.24) is 0 Å². The molecule has 2 rings (SSSR count). The molecule has 2 aliphatic rings. The SMILES string of the molecule is C1CCOC1.C1CCOC1.NO. The Labute approximate surface area is 73.6 Å². The molecule has 0 aliphatic carbocycles. The fraction of sp³-hybridized carbons (Fsp3) is 1.00. The molecule has 0 amide bonds. The molecule has 2 saturated heterocycles. The first kappa shape index (κ1) is 11.8. The highest BCUT2D eigenvalue weighted by molar-refractivity contribution is 4.44. The summed E-state index contributed by atoms with van der Waals surface area (Å²) in [5.41, 5.74) is 0. The lowest BCUT2D eigenvalue weighted by atomic mass is 10.4. The Balaban J connectivity index is 0.000000168. The van der Waals surface area contributed by atoms with Gasteiger partial charge in [-0.3, -0.25) is 0 Å². The molecule has 0 atom stereocenters. The van der Waals surface area contributed by atoms with Crippen molar-refractivity contribution in [3.63, 3.8) is 0 Å². The second kappa shape index (κ2) is 10.8. The van der Waals surface area contributed by atoms with Gasteiger partial charge in [-0.15, -0.1) is 0 Å². The van der Waals surface area contributed by atoms with Crippen molar-refractivity contribution in [2.45, 2.75) is 25.7 Å². The lowest BCUT2D eigenvalue weighted by Gasteiger charge is -1.76. The van der Waals surface area contributed by atoms with Crippen molar-refractivity contribution in [2.24, 2.45) is 5.90 Å². The third-order valence-corrected chi connectivity index (χ3v) is 1.65. The van der Waals surface area contributed by atoms with Crippen molar-refractivity contribution < 1.29 is 14.7 Å². The van der Waals surface area contributed by atoms with E-state index in [9.17, 15) is 0 Å². The molecule has 0 bridgehead atoms. The van der Waals surface area contributed by atoms with Crippen LogP contribution in [0.3, 0.4) is 0 Å². The molecule has 2 fully saturated rings. The van der Waals surface area contributed by atoms with Crippen molar-refractivity contribution in [3.8, 4) is 0 Å². The maximum absolute atomic E-state index is 6.50. The van der Waals surface area contributed by atoms with E-state index in [1.165, 1.54) is 25.7 Å². The normalized spacial score (nSPS) is 20.5. The monoisotopic (exact) mass is 177 g/mol. The maximum atomic E-state index is 6.50. The minimum absolute atomic E-state index is 1.00. The van der Waals surface area contributed by atoms with Gasteiger partial charge >= 0.3 is 0 Å². The Kier molecular flexibility index (Phi) is 10.7. The molecule has 2 aliphatic heterocycles. The Morgan fingerprint density at radius 3 is 1.00 bits per heavy atom. The molecular weight excluding hydrogens is 158 g/mol. The fourth-order valence-electron chi connectivity index (χ4n) is 1.02. The van der Waals surface area contributed by atoms with Crippen molar-refractivity contribution in [3.05, 3.63) is 0 Å². The van der Waals surface area contributed by atoms with Crippen LogP contribution >= 0.6 is 0 Å². The van der Waals surface area contributed by atoms with E-state index in [4.69, 9.17) is 14.7 Å². The summed E-state index contributed by atoms with van der Waals surface area (Å²) in [4.78, 5) is 0. The van der Waals surface area contributed by atoms with Crippen LogP contribution < -0.4 is 5.90 Å². The molecule has 0 spiro atoms. The van der Waals surface area contributed by atoms with Crippen LogP contribution in [0.1, 0.15) is 25.7 Å². The minimum atomic E-state index is 1.00. The number of nitrogens with two attached hydrogens (primary N) is 1. The van der Waals surface area contributed by atoms with Crippen LogP contribution in [-0.4, -0.2) is 31.6 Å². The highest BCUT2D eigenvalue weighted by atomic mass is 16.5. The molecule has 74 valence electrons. The summed E-state index contributed by atoms with van der Waals surface area (Å²) in [7, 11) is 0. The van der Waals surface area contributed by atoms with Crippen molar-refractivity contribution in [1.29, 1.82) is 0 Å². The second-order valence-corrected chi connectivity index (χ2v) is 2.64. The van der Waals surface area contributed by atoms with Gasteiger partial charge in [0.2, 0.25) is 0 Å². The summed E-state index contributed by atoms with van der Waals surface area (Å²) in [5, 5.41) is 6.50. The Bertz CT molecular complexity index is 47.5. The lowest BCUT2D eigenvalue weighted by Crippen LogP contribution is -1.74. The number of rotatable bonds is 0. The van der Waals surface area contributed by atoms with E-state index in [0.29, 0.717) is 0 Å². The highest BCUT2D eigenvalue weighted by Crippen LogP contribution is 1.98. The molecule has 4 nitrogen and oxygen atoms in total. The standard InChI is InChI=1S/2C4H8O.H3NO/c2*1-2-4-5-3-1;1-2/h2*1-4H2;2H,1H2. The molecule has 0 unspecified atom stereocenters. The molecule has 2 heterocycles. The molecule has 4 heteroatoms. The van der Waals surface area contributed by atoms with Crippen LogP contribution in [0.4, 0.5) is 0 Å². The summed E-state index contributed by atoms with van der Waals surface area (Å²) in [6, 6.07) is 0. The van der Waals surface area contributed by atoms with E-state index in [0.717, 1.165) is 26.4 Å². The average molecular weight is 177 g/mol. The summed E-state index contributed by atoms with van der Waals surface area (Å²) in [5.74, 6) is 3.50. The third kappa shape index (κ3) is 7.94. The van der Waals surface area contributed by atoms with E-state index >= 15 is 0 Å². The molecule has 0 aromatic rings. The lowest BCUT2D eigenvalue weighted by molar-refractivity contribution is 0.198. The summed E-state index contributed by atoms with van der Waals surface area (Å²) in [6.45, 7) is 4.00. The van der Waals surface area contributed by atoms with Crippen molar-refractivity contribution in [2.75, 3.05) is 26.4 Å². The molecule has 0 aromatic heterocycles. The van der Waals surface area contributed by atoms with E-state index in [2.05, 4.69) is 5.90 Å². The Morgan fingerprint density at radius 1 is 0.667 bits per heavy atom. The Morgan fingerprint density at radius 2 is 0.917 bits per heavy atom. The van der Waals surface area contributed by atoms with Gasteiger partial charge in [0.15, 0.2) is 0 Å². The third-order valence-electron chi connectivity index (χ3n) is 1.65. The van der Waals surface area contributed by atoms with Crippen LogP contribution in [0.5, 0.6) is 0 Å². The summed E-state index contributed by atoms with van der Waals surface area (Å²) in [6.07, 6.45) is 5.11. The van der Waals surface area contributed by atoms with Crippen LogP contribution in [0, 0.1) is 0 Å². The van der Waals surface area contributed by atoms with E-state index in [1.54, 1.807) is 0 Å². The molecule has 12 heavy (non-hydrogen) atoms. The number of ether oxygens (including phenoxy) is 2. The smallest absolute Gasteiger partial charge is 0.0466 e. The van der Waals surface area contributed by atoms with E-state index in [-0.39, 0.29) is 0 Å². The van der Waals surface area contributed by atoms with Crippen LogP contribution in [0.25, 0.3) is 0 Å². The molecule has 3 N–H and O–H groups in total. The predicted octanol–water partition coefficient (Wildman–Crippen LogP) is 0.928. The minimum Gasteiger partial charge on any atom is -0.381 e. The van der Waals surface area contributed by atoms with Crippen LogP contribution in [-0.2, 0) is 9.47 Å². The zero-order valence-corrected chi connectivity index (χ0v) is 7.50. The van der Waals surface area contributed by atoms with E-state index in [1.807, 2.05) is 0 Å². The predicted molar refractivity (Wildman–Crippen MR) is 46.1 cm³/mol. The molecule has 0 saturated carbocycles. The van der Waals surface area contributed by atoms with Crippen LogP contribution in [0.2, 0.25) is 0 Å². The van der Waals surface area contributed by atoms with Gasteiger partial charge in [0.05, 0.1) is 0 Å². The maximum Gasteiger partial charge on any atom is 0.0466 e. The van der Waals surface area contributed by atoms with Crippen molar-refractivity contribution >= 4 is 0 Å². The van der Waals surface area contributed by atoms with Gasteiger partial charge in [-0.05, 0) is 25.7 Å². The van der Waals surface area contributed by atoms with Gasteiger partial charge in [0.1, 0.15) is 0 Å². The fourth-order valence-corrected chi connectivity index (χ4v) is 1.02. The quantitative estimate of drug-likeness (QED) is 0.540. The first-order valence-corrected chi connectivity index (χ1v) is 4.41. The topological polar surface area (TPSA) is 64.7 Å². The largest absolute Gasteiger partial charge is 0.381 e. The van der Waals surface area contributed by atoms with Gasteiger partial charge in [0.25, 0.3) is 0 Å². The van der Waals surface area contributed by atoms with Gasteiger partial charge in [-0.1, -0.05) is 0 Å². The molecular formula is C8H19NO3. The molecule has 0 radical (unpaired) electrons. The second-order valence-electron chi connectivity index (χ2n) is 2.64. The number of hydrogen-bond donors (Lipinski definition) is 2. The zero-order chi connectivity index (χ0) is 9.07. The van der Waals surface area contributed by atoms with Gasteiger partial charge in [0, 0.05) is 26.4 Å². The highest BCUT2D eigenvalue weighted by Gasteiger charge is 1.95. The van der Waals surface area contributed by atoms with Gasteiger partial charge in [-0.25, -0.2) is 5.90 Å². The first-order valence-electron chi connectivity index (χ1n) is 4.41. The zero-order valence-electron chi connectivity index (χ0n) is 7.50. The average Bonchev–Trinajstić information content (AvgIpc) is 2.87. The summed E-state index contributed by atoms with van der Waals surface area (Å²) < 4.78 is 9.89. The van der Waals surface area contributed by atoms with E-state index < -0.39 is 0 Å². The number of hydrogen-bond acceptors (Lipinski definition) is 4. The summed E-state index contributed by atoms with van der Waals surface area (Å²) >= 11 is 0. The Hall–Kier alpha value is -0.160. The first-order chi connectivity index (χ1) is 6.00. The van der Waals surface area contributed by atoms with Gasteiger partial charge < -0.3 is 14.7 Å². The van der Waals surface area contributed by atoms with Crippen LogP contribution in [0.15, 0.2) is 0 Å². The van der Waals surface area contributed by atoms with Gasteiger partial charge in [-0.2, -0.15) is 0 Å².